The Kier molecular flexibility index (Phi) is 10.8. The number of allylic oxidation sites excluding steroid dienone is 5. The van der Waals surface area contributed by atoms with Gasteiger partial charge in [0.25, 0.3) is 0 Å². The summed E-state index contributed by atoms with van der Waals surface area (Å²) in [6.45, 7) is 22.7. The van der Waals surface area contributed by atoms with Gasteiger partial charge < -0.3 is 4.90 Å². The van der Waals surface area contributed by atoms with Crippen LogP contribution in [-0.4, -0.2) is 20.9 Å². The highest BCUT2D eigenvalue weighted by atomic mass is 35.5. The Balaban J connectivity index is 1.60. The number of nitrogens with zero attached hydrogens (tertiary/aromatic N) is 3. The number of aromatic nitrogens is 2. The van der Waals surface area contributed by atoms with Crippen molar-refractivity contribution in [3.8, 4) is 0 Å². The molecule has 2 aromatic heterocycles. The van der Waals surface area contributed by atoms with Gasteiger partial charge in [0.05, 0.1) is 6.04 Å². The van der Waals surface area contributed by atoms with Crippen molar-refractivity contribution in [2.45, 2.75) is 72.4 Å². The normalized spacial score (nSPS) is 14.6. The molecule has 1 saturated carbocycles. The molecular weight excluding hydrogens is 534 g/mol. The molecule has 1 aromatic carbocycles. The van der Waals surface area contributed by atoms with Gasteiger partial charge in [-0.3, -0.25) is 9.97 Å². The van der Waals surface area contributed by atoms with Crippen molar-refractivity contribution < 1.29 is 0 Å². The lowest BCUT2D eigenvalue weighted by Crippen LogP contribution is -2.37. The van der Waals surface area contributed by atoms with Crippen molar-refractivity contribution in [3.63, 3.8) is 0 Å². The molecular formula is C38H44ClN3. The smallest absolute Gasteiger partial charge is 0.0556 e. The Morgan fingerprint density at radius 2 is 1.62 bits per heavy atom. The number of aryl methyl sites for hydroxylation is 1. The van der Waals surface area contributed by atoms with Gasteiger partial charge in [0.1, 0.15) is 0 Å². The van der Waals surface area contributed by atoms with E-state index in [0.29, 0.717) is 11.6 Å². The fourth-order valence-corrected chi connectivity index (χ4v) is 5.65. The topological polar surface area (TPSA) is 29.0 Å². The molecule has 1 unspecified atom stereocenters. The van der Waals surface area contributed by atoms with Gasteiger partial charge in [-0.15, -0.1) is 0 Å². The van der Waals surface area contributed by atoms with Crippen molar-refractivity contribution >= 4 is 17.2 Å². The van der Waals surface area contributed by atoms with Gasteiger partial charge in [0.2, 0.25) is 0 Å². The zero-order valence-corrected chi connectivity index (χ0v) is 26.4. The van der Waals surface area contributed by atoms with Crippen molar-refractivity contribution in [2.24, 2.45) is 5.92 Å². The molecule has 0 saturated heterocycles. The molecule has 3 aromatic rings. The molecule has 1 aliphatic carbocycles. The molecule has 1 aliphatic rings. The summed E-state index contributed by atoms with van der Waals surface area (Å²) in [6, 6.07) is 18.4. The van der Waals surface area contributed by atoms with E-state index in [-0.39, 0.29) is 6.04 Å². The van der Waals surface area contributed by atoms with Crippen LogP contribution >= 0.6 is 11.6 Å². The maximum atomic E-state index is 6.88. The Morgan fingerprint density at radius 3 is 2.19 bits per heavy atom. The van der Waals surface area contributed by atoms with Crippen LogP contribution in [0.1, 0.15) is 69.5 Å². The van der Waals surface area contributed by atoms with Crippen LogP contribution in [0.5, 0.6) is 0 Å². The minimum Gasteiger partial charge on any atom is -0.360 e. The van der Waals surface area contributed by atoms with E-state index in [4.69, 9.17) is 11.6 Å². The first-order chi connectivity index (χ1) is 20.1. The first-order valence-corrected chi connectivity index (χ1v) is 15.2. The Labute approximate surface area is 258 Å². The molecule has 42 heavy (non-hydrogen) atoms. The lowest BCUT2D eigenvalue weighted by atomic mass is 9.96. The van der Waals surface area contributed by atoms with E-state index < -0.39 is 0 Å². The maximum absolute atomic E-state index is 6.88. The fraction of sp³-hybridized carbons (Fsp3) is 0.316. The number of halogens is 1. The predicted octanol–water partition coefficient (Wildman–Crippen LogP) is 9.97. The van der Waals surface area contributed by atoms with Gasteiger partial charge in [-0.25, -0.2) is 0 Å². The van der Waals surface area contributed by atoms with Crippen LogP contribution in [0, 0.1) is 5.92 Å². The van der Waals surface area contributed by atoms with Crippen LogP contribution in [0.25, 0.3) is 5.57 Å². The highest BCUT2D eigenvalue weighted by Gasteiger charge is 2.25. The molecule has 0 N–H and O–H groups in total. The molecule has 218 valence electrons. The first kappa shape index (κ1) is 31.3. The predicted molar refractivity (Wildman–Crippen MR) is 179 cm³/mol. The molecule has 4 rings (SSSR count). The molecule has 0 bridgehead atoms. The van der Waals surface area contributed by atoms with Crippen LogP contribution in [0.4, 0.5) is 0 Å². The van der Waals surface area contributed by atoms with Crippen molar-refractivity contribution in [1.29, 1.82) is 0 Å². The molecule has 1 fully saturated rings. The molecule has 0 radical (unpaired) electrons. The second-order valence-corrected chi connectivity index (χ2v) is 12.1. The summed E-state index contributed by atoms with van der Waals surface area (Å²) < 4.78 is 0. The van der Waals surface area contributed by atoms with E-state index in [0.717, 1.165) is 64.5 Å². The van der Waals surface area contributed by atoms with E-state index in [1.54, 1.807) is 0 Å². The molecule has 4 heteroatoms. The minimum atomic E-state index is 0.0236. The minimum absolute atomic E-state index is 0.0236. The number of rotatable bonds is 14. The molecule has 2 heterocycles. The maximum Gasteiger partial charge on any atom is 0.0556 e. The lowest BCUT2D eigenvalue weighted by Gasteiger charge is -2.36. The van der Waals surface area contributed by atoms with E-state index >= 15 is 0 Å². The third-order valence-electron chi connectivity index (χ3n) is 8.29. The van der Waals surface area contributed by atoms with E-state index in [9.17, 15) is 0 Å². The summed E-state index contributed by atoms with van der Waals surface area (Å²) in [5.41, 5.74) is 11.2. The number of benzene rings is 1. The average molecular weight is 578 g/mol. The molecule has 0 amide bonds. The van der Waals surface area contributed by atoms with E-state index in [1.165, 1.54) is 29.6 Å². The van der Waals surface area contributed by atoms with E-state index in [2.05, 4.69) is 92.6 Å². The largest absolute Gasteiger partial charge is 0.360 e. The standard InChI is InChI=1S/C38H44ClN3/c1-26(2)38(24-35-13-9-11-21-41-35)42(31(7)30(6)28(4)22-29(5)33-16-17-33)25-32-15-19-36(37(39)23-32)27(3)14-18-34-12-8-10-20-40-34/h8-13,15,19-23,33,38H,1,3,7,14,16-18,24-25H2,2,4-6H3/b29-22+,30-28+. The second-order valence-electron chi connectivity index (χ2n) is 11.7. The van der Waals surface area contributed by atoms with Crippen LogP contribution in [0.3, 0.4) is 0 Å². The highest BCUT2D eigenvalue weighted by Crippen LogP contribution is 2.37. The van der Waals surface area contributed by atoms with Crippen molar-refractivity contribution in [3.05, 3.63) is 148 Å². The van der Waals surface area contributed by atoms with Crippen molar-refractivity contribution in [2.75, 3.05) is 0 Å². The van der Waals surface area contributed by atoms with Crippen LogP contribution in [-0.2, 0) is 19.4 Å². The summed E-state index contributed by atoms with van der Waals surface area (Å²) >= 11 is 6.88. The Bertz CT molecular complexity index is 1480. The third kappa shape index (κ3) is 8.42. The summed E-state index contributed by atoms with van der Waals surface area (Å²) in [7, 11) is 0. The number of hydrogen-bond acceptors (Lipinski definition) is 3. The zero-order chi connectivity index (χ0) is 30.2. The van der Waals surface area contributed by atoms with Crippen LogP contribution < -0.4 is 0 Å². The molecule has 3 nitrogen and oxygen atoms in total. The van der Waals surface area contributed by atoms with Gasteiger partial charge in [0, 0.05) is 47.5 Å². The zero-order valence-electron chi connectivity index (χ0n) is 25.7. The van der Waals surface area contributed by atoms with Gasteiger partial charge >= 0.3 is 0 Å². The monoisotopic (exact) mass is 577 g/mol. The SMILES string of the molecule is C=C(CCc1ccccn1)c1ccc(CN(C(=C)/C(C)=C(C)/C=C(\C)C2CC2)C(Cc2ccccn2)C(=C)C)cc1Cl. The Hall–Kier alpha value is -3.69. The Morgan fingerprint density at radius 1 is 0.952 bits per heavy atom. The van der Waals surface area contributed by atoms with Gasteiger partial charge in [-0.2, -0.15) is 0 Å². The quantitative estimate of drug-likeness (QED) is 0.141. The fourth-order valence-electron chi connectivity index (χ4n) is 5.31. The third-order valence-corrected chi connectivity index (χ3v) is 8.60. The van der Waals surface area contributed by atoms with Gasteiger partial charge in [0.15, 0.2) is 0 Å². The van der Waals surface area contributed by atoms with Crippen molar-refractivity contribution in [1.82, 2.24) is 14.9 Å². The van der Waals surface area contributed by atoms with E-state index in [1.807, 2.05) is 42.7 Å². The summed E-state index contributed by atoms with van der Waals surface area (Å²) in [5.74, 6) is 0.740. The average Bonchev–Trinajstić information content (AvgIpc) is 3.84. The van der Waals surface area contributed by atoms with Gasteiger partial charge in [-0.05, 0) is 117 Å². The summed E-state index contributed by atoms with van der Waals surface area (Å²) in [4.78, 5) is 11.4. The number of hydrogen-bond donors (Lipinski definition) is 0. The second kappa shape index (κ2) is 14.5. The molecule has 0 aliphatic heterocycles. The first-order valence-electron chi connectivity index (χ1n) is 14.9. The number of pyridine rings is 2. The van der Waals surface area contributed by atoms with Crippen LogP contribution in [0.2, 0.25) is 5.02 Å². The highest BCUT2D eigenvalue weighted by molar-refractivity contribution is 6.32. The lowest BCUT2D eigenvalue weighted by molar-refractivity contribution is 0.276. The molecule has 1 atom stereocenters. The van der Waals surface area contributed by atoms with Crippen LogP contribution in [0.15, 0.2) is 121 Å². The summed E-state index contributed by atoms with van der Waals surface area (Å²) in [5, 5.41) is 0.715. The molecule has 0 spiro atoms. The summed E-state index contributed by atoms with van der Waals surface area (Å²) in [6.07, 6.45) is 11.0. The van der Waals surface area contributed by atoms with Gasteiger partial charge in [-0.1, -0.05) is 72.8 Å².